The van der Waals surface area contributed by atoms with Crippen molar-refractivity contribution < 1.29 is 4.74 Å². The molecule has 0 aliphatic carbocycles. The van der Waals surface area contributed by atoms with Crippen molar-refractivity contribution in [3.8, 4) is 5.75 Å². The Morgan fingerprint density at radius 1 is 1.28 bits per heavy atom. The lowest BCUT2D eigenvalue weighted by Gasteiger charge is -2.18. The lowest BCUT2D eigenvalue weighted by atomic mass is 10.1. The smallest absolute Gasteiger partial charge is 0.123 e. The first-order chi connectivity index (χ1) is 8.69. The maximum absolute atomic E-state index is 5.82. The maximum atomic E-state index is 5.82. The number of methoxy groups -OCH3 is 1. The van der Waals surface area contributed by atoms with E-state index in [1.165, 1.54) is 5.56 Å². The molecule has 1 aromatic carbocycles. The lowest BCUT2D eigenvalue weighted by Crippen LogP contribution is -2.17. The van der Waals surface area contributed by atoms with Crippen LogP contribution in [0.1, 0.15) is 11.1 Å². The Balaban J connectivity index is 2.06. The standard InChI is InChI=1S/C14H18N2OS/c1-16(8-11-5-6-18-10-11)9-12-7-13(15)3-4-14(12)17-2/h3-7,10H,8-9,15H2,1-2H3. The summed E-state index contributed by atoms with van der Waals surface area (Å²) in [5.74, 6) is 0.890. The fourth-order valence-electron chi connectivity index (χ4n) is 1.96. The molecule has 2 rings (SSSR count). The number of nitrogen functional groups attached to an aromatic ring is 1. The van der Waals surface area contributed by atoms with Gasteiger partial charge in [-0.25, -0.2) is 0 Å². The quantitative estimate of drug-likeness (QED) is 0.842. The average molecular weight is 262 g/mol. The van der Waals surface area contributed by atoms with Gasteiger partial charge >= 0.3 is 0 Å². The summed E-state index contributed by atoms with van der Waals surface area (Å²) in [6, 6.07) is 7.91. The van der Waals surface area contributed by atoms with Crippen LogP contribution in [0.5, 0.6) is 5.75 Å². The first kappa shape index (κ1) is 12.9. The highest BCUT2D eigenvalue weighted by Gasteiger charge is 2.07. The van der Waals surface area contributed by atoms with Gasteiger partial charge in [0.15, 0.2) is 0 Å². The summed E-state index contributed by atoms with van der Waals surface area (Å²) in [5, 5.41) is 4.28. The number of hydrogen-bond acceptors (Lipinski definition) is 4. The van der Waals surface area contributed by atoms with E-state index in [0.717, 1.165) is 30.1 Å². The topological polar surface area (TPSA) is 38.5 Å². The minimum Gasteiger partial charge on any atom is -0.496 e. The van der Waals surface area contributed by atoms with Crippen LogP contribution < -0.4 is 10.5 Å². The van der Waals surface area contributed by atoms with Gasteiger partial charge in [0.2, 0.25) is 0 Å². The Bertz CT molecular complexity index is 497. The van der Waals surface area contributed by atoms with Crippen LogP contribution in [0.15, 0.2) is 35.0 Å². The Morgan fingerprint density at radius 2 is 2.11 bits per heavy atom. The van der Waals surface area contributed by atoms with Crippen molar-refractivity contribution >= 4 is 17.0 Å². The molecule has 2 aromatic rings. The van der Waals surface area contributed by atoms with Gasteiger partial charge in [0, 0.05) is 24.3 Å². The van der Waals surface area contributed by atoms with Gasteiger partial charge in [0.1, 0.15) is 5.75 Å². The van der Waals surface area contributed by atoms with Crippen LogP contribution in [0.4, 0.5) is 5.69 Å². The summed E-state index contributed by atoms with van der Waals surface area (Å²) < 4.78 is 5.36. The normalized spacial score (nSPS) is 10.8. The van der Waals surface area contributed by atoms with Crippen LogP contribution in [0.25, 0.3) is 0 Å². The molecule has 1 heterocycles. The number of anilines is 1. The number of thiophene rings is 1. The number of ether oxygens (including phenoxy) is 1. The molecule has 0 bridgehead atoms. The van der Waals surface area contributed by atoms with Crippen molar-refractivity contribution in [3.05, 3.63) is 46.2 Å². The van der Waals surface area contributed by atoms with E-state index >= 15 is 0 Å². The first-order valence-electron chi connectivity index (χ1n) is 5.81. The van der Waals surface area contributed by atoms with Gasteiger partial charge in [0.25, 0.3) is 0 Å². The molecule has 0 atom stereocenters. The van der Waals surface area contributed by atoms with Gasteiger partial charge in [-0.3, -0.25) is 4.90 Å². The molecule has 4 heteroatoms. The minimum absolute atomic E-state index is 0.773. The van der Waals surface area contributed by atoms with Crippen molar-refractivity contribution in [3.63, 3.8) is 0 Å². The summed E-state index contributed by atoms with van der Waals surface area (Å²) in [6.45, 7) is 1.76. The molecule has 0 unspecified atom stereocenters. The third-order valence-corrected chi connectivity index (χ3v) is 3.51. The molecule has 1 aromatic heterocycles. The second-order valence-corrected chi connectivity index (χ2v) is 5.16. The van der Waals surface area contributed by atoms with Crippen LogP contribution >= 0.6 is 11.3 Å². The molecular formula is C14H18N2OS. The average Bonchev–Trinajstić information content (AvgIpc) is 2.82. The van der Waals surface area contributed by atoms with Crippen LogP contribution in [-0.2, 0) is 13.1 Å². The largest absolute Gasteiger partial charge is 0.496 e. The molecule has 0 fully saturated rings. The van der Waals surface area contributed by atoms with E-state index in [1.807, 2.05) is 18.2 Å². The van der Waals surface area contributed by atoms with E-state index < -0.39 is 0 Å². The maximum Gasteiger partial charge on any atom is 0.123 e. The molecule has 0 amide bonds. The van der Waals surface area contributed by atoms with Gasteiger partial charge in [0.05, 0.1) is 7.11 Å². The van der Waals surface area contributed by atoms with Gasteiger partial charge in [-0.15, -0.1) is 0 Å². The second-order valence-electron chi connectivity index (χ2n) is 4.38. The highest BCUT2D eigenvalue weighted by molar-refractivity contribution is 7.07. The predicted molar refractivity (Wildman–Crippen MR) is 76.9 cm³/mol. The van der Waals surface area contributed by atoms with E-state index in [9.17, 15) is 0 Å². The van der Waals surface area contributed by atoms with E-state index in [4.69, 9.17) is 10.5 Å². The van der Waals surface area contributed by atoms with Crippen molar-refractivity contribution in [2.75, 3.05) is 19.9 Å². The number of nitrogens with zero attached hydrogens (tertiary/aromatic N) is 1. The second kappa shape index (κ2) is 5.89. The van der Waals surface area contributed by atoms with Crippen LogP contribution in [-0.4, -0.2) is 19.1 Å². The lowest BCUT2D eigenvalue weighted by molar-refractivity contribution is 0.310. The summed E-state index contributed by atoms with van der Waals surface area (Å²) in [7, 11) is 3.79. The van der Waals surface area contributed by atoms with Crippen molar-refractivity contribution in [1.29, 1.82) is 0 Å². The summed E-state index contributed by atoms with van der Waals surface area (Å²) >= 11 is 1.73. The Labute approximate surface area is 112 Å². The van der Waals surface area contributed by atoms with E-state index in [1.54, 1.807) is 18.4 Å². The van der Waals surface area contributed by atoms with Gasteiger partial charge in [-0.2, -0.15) is 11.3 Å². The molecule has 0 aliphatic heterocycles. The molecule has 18 heavy (non-hydrogen) atoms. The van der Waals surface area contributed by atoms with E-state index in [2.05, 4.69) is 28.8 Å². The number of nitrogens with two attached hydrogens (primary N) is 1. The zero-order valence-corrected chi connectivity index (χ0v) is 11.5. The minimum atomic E-state index is 0.773. The molecular weight excluding hydrogens is 244 g/mol. The van der Waals surface area contributed by atoms with E-state index in [-0.39, 0.29) is 0 Å². The third kappa shape index (κ3) is 3.24. The highest BCUT2D eigenvalue weighted by atomic mass is 32.1. The molecule has 0 spiro atoms. The van der Waals surface area contributed by atoms with Crippen LogP contribution in [0.3, 0.4) is 0 Å². The molecule has 0 saturated carbocycles. The fourth-order valence-corrected chi connectivity index (χ4v) is 2.62. The number of rotatable bonds is 5. The zero-order valence-electron chi connectivity index (χ0n) is 10.7. The number of hydrogen-bond donors (Lipinski definition) is 1. The molecule has 3 nitrogen and oxygen atoms in total. The molecule has 2 N–H and O–H groups in total. The Hall–Kier alpha value is -1.52. The fraction of sp³-hybridized carbons (Fsp3) is 0.286. The molecule has 96 valence electrons. The van der Waals surface area contributed by atoms with Crippen molar-refractivity contribution in [2.24, 2.45) is 0 Å². The summed E-state index contributed by atoms with van der Waals surface area (Å²) in [5.41, 5.74) is 9.05. The van der Waals surface area contributed by atoms with Crippen LogP contribution in [0.2, 0.25) is 0 Å². The van der Waals surface area contributed by atoms with Gasteiger partial charge in [-0.05, 0) is 47.6 Å². The Morgan fingerprint density at radius 3 is 2.78 bits per heavy atom. The molecule has 0 aliphatic rings. The molecule has 0 saturated heterocycles. The number of benzene rings is 1. The van der Waals surface area contributed by atoms with Crippen LogP contribution in [0, 0.1) is 0 Å². The van der Waals surface area contributed by atoms with Gasteiger partial charge < -0.3 is 10.5 Å². The molecule has 0 radical (unpaired) electrons. The van der Waals surface area contributed by atoms with Gasteiger partial charge in [-0.1, -0.05) is 0 Å². The zero-order chi connectivity index (χ0) is 13.0. The third-order valence-electron chi connectivity index (χ3n) is 2.78. The highest BCUT2D eigenvalue weighted by Crippen LogP contribution is 2.23. The summed E-state index contributed by atoms with van der Waals surface area (Å²) in [4.78, 5) is 2.25. The SMILES string of the molecule is COc1ccc(N)cc1CN(C)Cc1ccsc1. The Kier molecular flexibility index (Phi) is 4.23. The first-order valence-corrected chi connectivity index (χ1v) is 6.75. The van der Waals surface area contributed by atoms with Crippen molar-refractivity contribution in [1.82, 2.24) is 4.90 Å². The monoisotopic (exact) mass is 262 g/mol. The predicted octanol–water partition coefficient (Wildman–Crippen LogP) is 2.97. The van der Waals surface area contributed by atoms with Crippen molar-refractivity contribution in [2.45, 2.75) is 13.1 Å². The summed E-state index contributed by atoms with van der Waals surface area (Å²) in [6.07, 6.45) is 0. The van der Waals surface area contributed by atoms with E-state index in [0.29, 0.717) is 0 Å².